The van der Waals surface area contributed by atoms with Gasteiger partial charge in [-0.1, -0.05) is 32.6 Å². The Hall–Kier alpha value is -0.900. The third-order valence-corrected chi connectivity index (χ3v) is 3.53. The molecule has 0 N–H and O–H groups in total. The van der Waals surface area contributed by atoms with Crippen LogP contribution in [-0.2, 0) is 19.1 Å². The maximum Gasteiger partial charge on any atom is 0.305 e. The molecule has 0 saturated carbocycles. The summed E-state index contributed by atoms with van der Waals surface area (Å²) in [5.41, 5.74) is 0. The van der Waals surface area contributed by atoms with Crippen molar-refractivity contribution < 1.29 is 19.1 Å². The Kier molecular flexibility index (Phi) is 12.5. The van der Waals surface area contributed by atoms with Gasteiger partial charge in [0.05, 0.1) is 6.61 Å². The van der Waals surface area contributed by atoms with Crippen molar-refractivity contribution in [3.8, 4) is 0 Å². The quantitative estimate of drug-likeness (QED) is 0.384. The molecule has 0 aliphatic rings. The maximum absolute atomic E-state index is 11.5. The molecule has 118 valence electrons. The largest absolute Gasteiger partial charge is 0.463 e. The molecule has 0 spiro atoms. The average molecular weight is 286 g/mol. The zero-order valence-electron chi connectivity index (χ0n) is 13.3. The number of carbonyl (C=O) groups is 2. The van der Waals surface area contributed by atoms with E-state index < -0.39 is 0 Å². The lowest BCUT2D eigenvalue weighted by molar-refractivity contribution is -0.145. The van der Waals surface area contributed by atoms with E-state index in [0.717, 1.165) is 38.5 Å². The minimum absolute atomic E-state index is 0.128. The van der Waals surface area contributed by atoms with Gasteiger partial charge >= 0.3 is 5.97 Å². The van der Waals surface area contributed by atoms with Crippen LogP contribution < -0.4 is 0 Å². The molecule has 0 fully saturated rings. The number of hydrogen-bond acceptors (Lipinski definition) is 4. The Morgan fingerprint density at radius 2 is 1.75 bits per heavy atom. The first-order valence-corrected chi connectivity index (χ1v) is 7.74. The van der Waals surface area contributed by atoms with Gasteiger partial charge in [0, 0.05) is 20.0 Å². The van der Waals surface area contributed by atoms with Gasteiger partial charge in [0.25, 0.3) is 0 Å². The van der Waals surface area contributed by atoms with E-state index in [1.807, 2.05) is 0 Å². The number of unbranched alkanes of at least 4 members (excludes halogenated alkanes) is 2. The van der Waals surface area contributed by atoms with E-state index in [2.05, 4.69) is 6.92 Å². The molecule has 1 atom stereocenters. The van der Waals surface area contributed by atoms with Crippen molar-refractivity contribution in [3.63, 3.8) is 0 Å². The van der Waals surface area contributed by atoms with Gasteiger partial charge < -0.3 is 14.3 Å². The summed E-state index contributed by atoms with van der Waals surface area (Å²) in [4.78, 5) is 22.3. The first kappa shape index (κ1) is 19.1. The molecule has 0 radical (unpaired) electrons. The van der Waals surface area contributed by atoms with E-state index >= 15 is 0 Å². The van der Waals surface area contributed by atoms with Gasteiger partial charge in [-0.3, -0.25) is 4.79 Å². The summed E-state index contributed by atoms with van der Waals surface area (Å²) in [6.07, 6.45) is 7.56. The van der Waals surface area contributed by atoms with Crippen LogP contribution in [0.4, 0.5) is 0 Å². The van der Waals surface area contributed by atoms with Crippen LogP contribution in [0.15, 0.2) is 0 Å². The van der Waals surface area contributed by atoms with Gasteiger partial charge in [-0.25, -0.2) is 0 Å². The summed E-state index contributed by atoms with van der Waals surface area (Å²) in [6.45, 7) is 4.61. The lowest BCUT2D eigenvalue weighted by Gasteiger charge is -2.14. The summed E-state index contributed by atoms with van der Waals surface area (Å²) in [5.74, 6) is 0.732. The van der Waals surface area contributed by atoms with Crippen molar-refractivity contribution in [2.75, 3.05) is 20.3 Å². The van der Waals surface area contributed by atoms with Crippen LogP contribution in [0.25, 0.3) is 0 Å². The lowest BCUT2D eigenvalue weighted by atomic mass is 9.93. The minimum atomic E-state index is -0.128. The Balaban J connectivity index is 3.60. The number of hydrogen-bond donors (Lipinski definition) is 0. The van der Waals surface area contributed by atoms with Crippen molar-refractivity contribution in [1.29, 1.82) is 0 Å². The second kappa shape index (κ2) is 13.1. The molecule has 0 aromatic carbocycles. The third-order valence-electron chi connectivity index (χ3n) is 3.53. The molecule has 0 amide bonds. The number of ketones is 1. The molecular formula is C16H30O4. The summed E-state index contributed by atoms with van der Waals surface area (Å²) in [5, 5.41) is 0. The maximum atomic E-state index is 11.5. The SMILES string of the molecule is CCC(CCCCCC(C)=O)CCC(=O)OCCOC. The fraction of sp³-hybridized carbons (Fsp3) is 0.875. The van der Waals surface area contributed by atoms with Crippen molar-refractivity contribution in [3.05, 3.63) is 0 Å². The molecule has 0 aliphatic heterocycles. The van der Waals surface area contributed by atoms with Crippen LogP contribution in [0.5, 0.6) is 0 Å². The predicted octanol–water partition coefficient (Wildman–Crippen LogP) is 3.52. The molecular weight excluding hydrogens is 256 g/mol. The Morgan fingerprint density at radius 3 is 2.35 bits per heavy atom. The van der Waals surface area contributed by atoms with Crippen LogP contribution in [0.2, 0.25) is 0 Å². The van der Waals surface area contributed by atoms with Gasteiger partial charge in [0.15, 0.2) is 0 Å². The van der Waals surface area contributed by atoms with Crippen LogP contribution >= 0.6 is 0 Å². The fourth-order valence-electron chi connectivity index (χ4n) is 2.17. The molecule has 0 aliphatic carbocycles. The zero-order valence-corrected chi connectivity index (χ0v) is 13.3. The molecule has 0 saturated heterocycles. The monoisotopic (exact) mass is 286 g/mol. The Bertz CT molecular complexity index is 263. The molecule has 4 nitrogen and oxygen atoms in total. The number of methoxy groups -OCH3 is 1. The molecule has 4 heteroatoms. The normalized spacial score (nSPS) is 12.2. The van der Waals surface area contributed by atoms with E-state index in [1.165, 1.54) is 0 Å². The first-order valence-electron chi connectivity index (χ1n) is 7.74. The average Bonchev–Trinajstić information content (AvgIpc) is 2.41. The molecule has 1 unspecified atom stereocenters. The zero-order chi connectivity index (χ0) is 15.2. The lowest BCUT2D eigenvalue weighted by Crippen LogP contribution is -2.11. The molecule has 20 heavy (non-hydrogen) atoms. The molecule has 0 heterocycles. The van der Waals surface area contributed by atoms with E-state index in [-0.39, 0.29) is 11.8 Å². The van der Waals surface area contributed by atoms with Crippen LogP contribution in [0.3, 0.4) is 0 Å². The highest BCUT2D eigenvalue weighted by Crippen LogP contribution is 2.19. The second-order valence-corrected chi connectivity index (χ2v) is 5.33. The molecule has 0 aromatic rings. The highest BCUT2D eigenvalue weighted by molar-refractivity contribution is 5.75. The number of carbonyl (C=O) groups excluding carboxylic acids is 2. The van der Waals surface area contributed by atoms with Crippen LogP contribution in [0, 0.1) is 5.92 Å². The van der Waals surface area contributed by atoms with Crippen LogP contribution in [0.1, 0.15) is 65.2 Å². The van der Waals surface area contributed by atoms with Crippen molar-refractivity contribution in [2.45, 2.75) is 65.2 Å². The van der Waals surface area contributed by atoms with Gasteiger partial charge in [0.1, 0.15) is 12.4 Å². The van der Waals surface area contributed by atoms with E-state index in [0.29, 0.717) is 32.0 Å². The summed E-state index contributed by atoms with van der Waals surface area (Å²) < 4.78 is 9.88. The van der Waals surface area contributed by atoms with E-state index in [9.17, 15) is 9.59 Å². The first-order chi connectivity index (χ1) is 9.60. The topological polar surface area (TPSA) is 52.6 Å². The molecule has 0 aromatic heterocycles. The third kappa shape index (κ3) is 12.2. The summed E-state index contributed by atoms with van der Waals surface area (Å²) >= 11 is 0. The van der Waals surface area contributed by atoms with Gasteiger partial charge in [0.2, 0.25) is 0 Å². The number of Topliss-reactive ketones (excluding diaryl/α,β-unsaturated/α-hetero) is 1. The van der Waals surface area contributed by atoms with Crippen LogP contribution in [-0.4, -0.2) is 32.1 Å². The Morgan fingerprint density at radius 1 is 1.00 bits per heavy atom. The van der Waals surface area contributed by atoms with E-state index in [1.54, 1.807) is 14.0 Å². The van der Waals surface area contributed by atoms with Crippen molar-refractivity contribution in [1.82, 2.24) is 0 Å². The van der Waals surface area contributed by atoms with Crippen molar-refractivity contribution >= 4 is 11.8 Å². The number of esters is 1. The molecule has 0 rings (SSSR count). The van der Waals surface area contributed by atoms with Gasteiger partial charge in [-0.15, -0.1) is 0 Å². The second-order valence-electron chi connectivity index (χ2n) is 5.33. The highest BCUT2D eigenvalue weighted by atomic mass is 16.6. The highest BCUT2D eigenvalue weighted by Gasteiger charge is 2.10. The van der Waals surface area contributed by atoms with E-state index in [4.69, 9.17) is 9.47 Å². The smallest absolute Gasteiger partial charge is 0.305 e. The standard InChI is InChI=1S/C16H30O4/c1-4-15(9-7-5-6-8-14(2)17)10-11-16(18)20-13-12-19-3/h15H,4-13H2,1-3H3. The fourth-order valence-corrected chi connectivity index (χ4v) is 2.17. The predicted molar refractivity (Wildman–Crippen MR) is 79.6 cm³/mol. The number of rotatable bonds is 13. The minimum Gasteiger partial charge on any atom is -0.463 e. The number of ether oxygens (including phenoxy) is 2. The molecule has 0 bridgehead atoms. The van der Waals surface area contributed by atoms with Gasteiger partial charge in [-0.05, 0) is 25.7 Å². The summed E-state index contributed by atoms with van der Waals surface area (Å²) in [6, 6.07) is 0. The van der Waals surface area contributed by atoms with Gasteiger partial charge in [-0.2, -0.15) is 0 Å². The summed E-state index contributed by atoms with van der Waals surface area (Å²) in [7, 11) is 1.59. The Labute approximate surface area is 123 Å². The van der Waals surface area contributed by atoms with Crippen molar-refractivity contribution in [2.24, 2.45) is 5.92 Å².